The standard InChI is InChI=1S/C11H10N4S2/c16-11-14-8-7-12-3-1-9(8)15(11)5-2-10-13-4-6-17-10/h1,3-4,6-7H,2,5H2,(H,14,16). The molecule has 3 rings (SSSR count). The molecule has 3 heterocycles. The number of fused-ring (bicyclic) bond motifs is 1. The number of hydrogen-bond acceptors (Lipinski definition) is 4. The molecule has 0 spiro atoms. The van der Waals surface area contributed by atoms with Gasteiger partial charge in [-0.15, -0.1) is 11.3 Å². The van der Waals surface area contributed by atoms with Crippen molar-refractivity contribution in [2.24, 2.45) is 0 Å². The number of pyridine rings is 1. The van der Waals surface area contributed by atoms with Crippen molar-refractivity contribution in [1.29, 1.82) is 0 Å². The lowest BCUT2D eigenvalue weighted by atomic mass is 10.4. The highest BCUT2D eigenvalue weighted by Gasteiger charge is 2.04. The van der Waals surface area contributed by atoms with E-state index in [9.17, 15) is 0 Å². The molecule has 1 N–H and O–H groups in total. The first-order valence-corrected chi connectivity index (χ1v) is 6.54. The quantitative estimate of drug-likeness (QED) is 0.738. The summed E-state index contributed by atoms with van der Waals surface area (Å²) in [7, 11) is 0. The molecule has 0 atom stereocenters. The highest BCUT2D eigenvalue weighted by atomic mass is 32.1. The second-order valence-electron chi connectivity index (χ2n) is 3.65. The molecular formula is C11H10N4S2. The van der Waals surface area contributed by atoms with Crippen molar-refractivity contribution < 1.29 is 0 Å². The molecule has 0 saturated heterocycles. The normalized spacial score (nSPS) is 11.1. The predicted molar refractivity (Wildman–Crippen MR) is 70.7 cm³/mol. The van der Waals surface area contributed by atoms with Gasteiger partial charge in [-0.1, -0.05) is 0 Å². The summed E-state index contributed by atoms with van der Waals surface area (Å²) in [5.74, 6) is 0. The number of nitrogens with one attached hydrogen (secondary N) is 1. The molecule has 3 aromatic heterocycles. The zero-order chi connectivity index (χ0) is 11.7. The van der Waals surface area contributed by atoms with Gasteiger partial charge in [0.15, 0.2) is 4.77 Å². The molecule has 86 valence electrons. The first-order chi connectivity index (χ1) is 8.34. The molecule has 0 fully saturated rings. The van der Waals surface area contributed by atoms with Crippen LogP contribution in [0, 0.1) is 4.77 Å². The first kappa shape index (κ1) is 10.6. The van der Waals surface area contributed by atoms with Crippen LogP contribution in [0.4, 0.5) is 0 Å². The van der Waals surface area contributed by atoms with Crippen LogP contribution in [0.3, 0.4) is 0 Å². The predicted octanol–water partition coefficient (Wildman–Crippen LogP) is 2.79. The van der Waals surface area contributed by atoms with Gasteiger partial charge in [-0.05, 0) is 18.3 Å². The molecule has 3 aromatic rings. The molecule has 0 aliphatic heterocycles. The van der Waals surface area contributed by atoms with Gasteiger partial charge in [0, 0.05) is 30.7 Å². The molecule has 17 heavy (non-hydrogen) atoms. The smallest absolute Gasteiger partial charge is 0.178 e. The fourth-order valence-electron chi connectivity index (χ4n) is 1.82. The maximum absolute atomic E-state index is 5.31. The SMILES string of the molecule is S=c1[nH]c2cnccc2n1CCc1nccs1. The van der Waals surface area contributed by atoms with E-state index in [1.165, 1.54) is 0 Å². The maximum atomic E-state index is 5.31. The van der Waals surface area contributed by atoms with Gasteiger partial charge in [-0.25, -0.2) is 4.98 Å². The highest BCUT2D eigenvalue weighted by molar-refractivity contribution is 7.71. The molecule has 0 saturated carbocycles. The van der Waals surface area contributed by atoms with Crippen LogP contribution in [0.2, 0.25) is 0 Å². The average molecular weight is 262 g/mol. The largest absolute Gasteiger partial charge is 0.329 e. The number of nitrogens with zero attached hydrogens (tertiary/aromatic N) is 3. The molecule has 0 bridgehead atoms. The van der Waals surface area contributed by atoms with E-state index in [4.69, 9.17) is 12.2 Å². The minimum absolute atomic E-state index is 0.740. The Kier molecular flexibility index (Phi) is 2.74. The van der Waals surface area contributed by atoms with Gasteiger partial charge in [-0.2, -0.15) is 0 Å². The number of H-pyrrole nitrogens is 1. The lowest BCUT2D eigenvalue weighted by Gasteiger charge is -2.01. The van der Waals surface area contributed by atoms with Crippen molar-refractivity contribution in [1.82, 2.24) is 19.5 Å². The Balaban J connectivity index is 1.94. The number of hydrogen-bond donors (Lipinski definition) is 1. The summed E-state index contributed by atoms with van der Waals surface area (Å²) in [4.78, 5) is 11.5. The van der Waals surface area contributed by atoms with E-state index in [1.807, 2.05) is 17.6 Å². The Labute approximate surface area is 107 Å². The first-order valence-electron chi connectivity index (χ1n) is 5.25. The van der Waals surface area contributed by atoms with E-state index in [1.54, 1.807) is 23.7 Å². The second kappa shape index (κ2) is 4.38. The van der Waals surface area contributed by atoms with Gasteiger partial charge in [0.1, 0.15) is 0 Å². The van der Waals surface area contributed by atoms with Gasteiger partial charge in [0.2, 0.25) is 0 Å². The molecule has 0 radical (unpaired) electrons. The fraction of sp³-hybridized carbons (Fsp3) is 0.182. The van der Waals surface area contributed by atoms with Crippen LogP contribution < -0.4 is 0 Å². The van der Waals surface area contributed by atoms with Crippen LogP contribution in [-0.4, -0.2) is 19.5 Å². The highest BCUT2D eigenvalue weighted by Crippen LogP contribution is 2.14. The number of rotatable bonds is 3. The maximum Gasteiger partial charge on any atom is 0.178 e. The van der Waals surface area contributed by atoms with Crippen LogP contribution >= 0.6 is 23.6 Å². The van der Waals surface area contributed by atoms with E-state index in [0.29, 0.717) is 0 Å². The van der Waals surface area contributed by atoms with Gasteiger partial charge in [0.05, 0.1) is 22.2 Å². The Morgan fingerprint density at radius 2 is 2.35 bits per heavy atom. The van der Waals surface area contributed by atoms with E-state index in [0.717, 1.165) is 33.8 Å². The molecule has 6 heteroatoms. The third-order valence-electron chi connectivity index (χ3n) is 2.61. The Morgan fingerprint density at radius 3 is 3.18 bits per heavy atom. The van der Waals surface area contributed by atoms with Crippen molar-refractivity contribution in [3.05, 3.63) is 39.8 Å². The van der Waals surface area contributed by atoms with Crippen molar-refractivity contribution in [2.45, 2.75) is 13.0 Å². The Morgan fingerprint density at radius 1 is 1.41 bits per heavy atom. The molecule has 0 aliphatic rings. The molecule has 0 unspecified atom stereocenters. The summed E-state index contributed by atoms with van der Waals surface area (Å²) < 4.78 is 2.83. The minimum atomic E-state index is 0.740. The van der Waals surface area contributed by atoms with Crippen LogP contribution in [0.5, 0.6) is 0 Å². The van der Waals surface area contributed by atoms with E-state index >= 15 is 0 Å². The molecular weight excluding hydrogens is 252 g/mol. The Bertz CT molecular complexity index is 681. The van der Waals surface area contributed by atoms with E-state index < -0.39 is 0 Å². The summed E-state index contributed by atoms with van der Waals surface area (Å²) in [6.07, 6.45) is 6.32. The summed E-state index contributed by atoms with van der Waals surface area (Å²) in [5.41, 5.74) is 2.08. The zero-order valence-corrected chi connectivity index (χ0v) is 10.6. The molecule has 0 amide bonds. The van der Waals surface area contributed by atoms with Gasteiger partial charge >= 0.3 is 0 Å². The van der Waals surface area contributed by atoms with Crippen molar-refractivity contribution >= 4 is 34.6 Å². The molecule has 0 aliphatic carbocycles. The average Bonchev–Trinajstić information content (AvgIpc) is 2.93. The third-order valence-corrected chi connectivity index (χ3v) is 3.77. The van der Waals surface area contributed by atoms with Gasteiger partial charge in [0.25, 0.3) is 0 Å². The van der Waals surface area contributed by atoms with E-state index in [2.05, 4.69) is 19.5 Å². The summed E-state index contributed by atoms with van der Waals surface area (Å²) in [6.45, 7) is 0.844. The van der Waals surface area contributed by atoms with Crippen LogP contribution in [0.25, 0.3) is 11.0 Å². The minimum Gasteiger partial charge on any atom is -0.329 e. The lowest BCUT2D eigenvalue weighted by molar-refractivity contribution is 0.703. The Hall–Kier alpha value is -1.53. The number of aryl methyl sites for hydroxylation is 2. The summed E-state index contributed by atoms with van der Waals surface area (Å²) in [5, 5.41) is 3.13. The van der Waals surface area contributed by atoms with Gasteiger partial charge < -0.3 is 9.55 Å². The fourth-order valence-corrected chi connectivity index (χ4v) is 2.73. The summed E-state index contributed by atoms with van der Waals surface area (Å²) >= 11 is 6.99. The van der Waals surface area contributed by atoms with Crippen LogP contribution in [0.1, 0.15) is 5.01 Å². The zero-order valence-electron chi connectivity index (χ0n) is 8.96. The van der Waals surface area contributed by atoms with Crippen LogP contribution in [0.15, 0.2) is 30.0 Å². The van der Waals surface area contributed by atoms with Crippen molar-refractivity contribution in [3.63, 3.8) is 0 Å². The molecule has 4 nitrogen and oxygen atoms in total. The van der Waals surface area contributed by atoms with Crippen LogP contribution in [-0.2, 0) is 13.0 Å². The second-order valence-corrected chi connectivity index (χ2v) is 5.02. The lowest BCUT2D eigenvalue weighted by Crippen LogP contribution is -2.01. The number of thiazole rings is 1. The number of aromatic nitrogens is 4. The molecule has 0 aromatic carbocycles. The topological polar surface area (TPSA) is 46.5 Å². The van der Waals surface area contributed by atoms with Gasteiger partial charge in [-0.3, -0.25) is 4.98 Å². The monoisotopic (exact) mass is 262 g/mol. The number of aromatic amines is 1. The van der Waals surface area contributed by atoms with E-state index in [-0.39, 0.29) is 0 Å². The number of imidazole rings is 1. The van der Waals surface area contributed by atoms with Crippen molar-refractivity contribution in [2.75, 3.05) is 0 Å². The summed E-state index contributed by atoms with van der Waals surface area (Å²) in [6, 6.07) is 1.98. The third kappa shape index (κ3) is 2.01. The van der Waals surface area contributed by atoms with Crippen molar-refractivity contribution in [3.8, 4) is 0 Å².